The molecule has 1 fully saturated rings. The third-order valence-corrected chi connectivity index (χ3v) is 4.94. The molecule has 0 saturated carbocycles. The molecule has 1 aliphatic heterocycles. The molecule has 0 aliphatic carbocycles. The maximum Gasteiger partial charge on any atom is 0.147 e. The lowest BCUT2D eigenvalue weighted by Gasteiger charge is -2.37. The zero-order chi connectivity index (χ0) is 14.7. The molecule has 0 radical (unpaired) electrons. The molecule has 0 amide bonds. The van der Waals surface area contributed by atoms with Crippen LogP contribution in [-0.4, -0.2) is 66.6 Å². The van der Waals surface area contributed by atoms with E-state index in [0.29, 0.717) is 17.8 Å². The van der Waals surface area contributed by atoms with Crippen LogP contribution in [0.15, 0.2) is 4.47 Å². The van der Waals surface area contributed by atoms with Gasteiger partial charge in [-0.05, 0) is 30.0 Å². The van der Waals surface area contributed by atoms with Gasteiger partial charge in [-0.2, -0.15) is 0 Å². The van der Waals surface area contributed by atoms with Crippen molar-refractivity contribution in [1.29, 1.82) is 0 Å². The van der Waals surface area contributed by atoms with E-state index in [9.17, 15) is 0 Å². The quantitative estimate of drug-likeness (QED) is 0.763. The van der Waals surface area contributed by atoms with Gasteiger partial charge in [-0.1, -0.05) is 11.6 Å². The highest BCUT2D eigenvalue weighted by atomic mass is 79.9. The third-order valence-electron chi connectivity index (χ3n) is 3.61. The van der Waals surface area contributed by atoms with Crippen molar-refractivity contribution in [1.82, 2.24) is 19.8 Å². The smallest absolute Gasteiger partial charge is 0.147 e. The Balaban J connectivity index is 2.16. The first kappa shape index (κ1) is 16.1. The summed E-state index contributed by atoms with van der Waals surface area (Å²) in [6.07, 6.45) is 0.796. The molecule has 1 aromatic rings. The van der Waals surface area contributed by atoms with E-state index in [2.05, 4.69) is 49.8 Å². The fourth-order valence-electron chi connectivity index (χ4n) is 2.37. The van der Waals surface area contributed by atoms with E-state index in [1.807, 2.05) is 0 Å². The number of nitrogens with zero attached hydrogens (tertiary/aromatic N) is 4. The van der Waals surface area contributed by atoms with Crippen molar-refractivity contribution in [3.8, 4) is 0 Å². The van der Waals surface area contributed by atoms with Crippen LogP contribution in [0.4, 0.5) is 0 Å². The number of hydrogen-bond acceptors (Lipinski definition) is 5. The first-order valence-corrected chi connectivity index (χ1v) is 7.77. The van der Waals surface area contributed by atoms with E-state index in [4.69, 9.17) is 16.3 Å². The second-order valence-electron chi connectivity index (χ2n) is 5.23. The molecule has 0 N–H and O–H groups in total. The molecular weight excluding hydrogens is 344 g/mol. The fourth-order valence-corrected chi connectivity index (χ4v) is 2.87. The summed E-state index contributed by atoms with van der Waals surface area (Å²) in [5.74, 6) is 0.775. The van der Waals surface area contributed by atoms with Gasteiger partial charge in [-0.25, -0.2) is 9.97 Å². The Morgan fingerprint density at radius 1 is 1.35 bits per heavy atom. The van der Waals surface area contributed by atoms with Crippen LogP contribution in [0, 0.1) is 0 Å². The summed E-state index contributed by atoms with van der Waals surface area (Å²) in [5, 5.41) is 0.453. The zero-order valence-corrected chi connectivity index (χ0v) is 14.4. The molecule has 5 nitrogen and oxygen atoms in total. The topological polar surface area (TPSA) is 41.5 Å². The van der Waals surface area contributed by atoms with Gasteiger partial charge in [0.1, 0.15) is 11.0 Å². The first-order valence-electron chi connectivity index (χ1n) is 6.59. The molecule has 112 valence electrons. The zero-order valence-electron chi connectivity index (χ0n) is 12.1. The highest BCUT2D eigenvalue weighted by molar-refractivity contribution is 9.10. The van der Waals surface area contributed by atoms with Gasteiger partial charge in [-0.15, -0.1) is 0 Å². The molecule has 0 aromatic carbocycles. The average Bonchev–Trinajstić information content (AvgIpc) is 2.40. The molecule has 1 aromatic heterocycles. The Morgan fingerprint density at radius 3 is 2.80 bits per heavy atom. The predicted molar refractivity (Wildman–Crippen MR) is 83.1 cm³/mol. The van der Waals surface area contributed by atoms with Gasteiger partial charge in [0.15, 0.2) is 0 Å². The van der Waals surface area contributed by atoms with Crippen molar-refractivity contribution in [2.75, 3.05) is 40.8 Å². The van der Waals surface area contributed by atoms with Crippen LogP contribution in [-0.2, 0) is 17.8 Å². The summed E-state index contributed by atoms with van der Waals surface area (Å²) in [6, 6.07) is 0.418. The van der Waals surface area contributed by atoms with E-state index in [1.54, 1.807) is 7.11 Å². The summed E-state index contributed by atoms with van der Waals surface area (Å²) in [5.41, 5.74) is 0.800. The molecule has 1 saturated heterocycles. The van der Waals surface area contributed by atoms with Crippen LogP contribution in [0.5, 0.6) is 0 Å². The molecule has 2 heterocycles. The SMILES string of the molecule is COCc1nc(CC2CN(C)CCN2C)nc(Cl)c1Br. The van der Waals surface area contributed by atoms with E-state index in [1.165, 1.54) is 0 Å². The van der Waals surface area contributed by atoms with Crippen molar-refractivity contribution < 1.29 is 4.74 Å². The Morgan fingerprint density at radius 2 is 2.10 bits per heavy atom. The Bertz CT molecular complexity index is 474. The van der Waals surface area contributed by atoms with E-state index in [-0.39, 0.29) is 0 Å². The molecule has 7 heteroatoms. The van der Waals surface area contributed by atoms with Crippen molar-refractivity contribution in [3.63, 3.8) is 0 Å². The van der Waals surface area contributed by atoms with Gasteiger partial charge in [0.2, 0.25) is 0 Å². The Labute approximate surface area is 133 Å². The summed E-state index contributed by atoms with van der Waals surface area (Å²) in [4.78, 5) is 13.6. The van der Waals surface area contributed by atoms with E-state index < -0.39 is 0 Å². The van der Waals surface area contributed by atoms with E-state index >= 15 is 0 Å². The minimum atomic E-state index is 0.418. The van der Waals surface area contributed by atoms with Crippen LogP contribution in [0.25, 0.3) is 0 Å². The maximum atomic E-state index is 6.16. The third kappa shape index (κ3) is 3.89. The molecule has 1 aliphatic rings. The van der Waals surface area contributed by atoms with Gasteiger partial charge < -0.3 is 14.5 Å². The molecule has 2 rings (SSSR count). The maximum absolute atomic E-state index is 6.16. The normalized spacial score (nSPS) is 21.4. The molecular formula is C13H20BrClN4O. The summed E-state index contributed by atoms with van der Waals surface area (Å²) >= 11 is 9.57. The standard InChI is InChI=1S/C13H20BrClN4O/c1-18-4-5-19(2)9(7-18)6-11-16-10(8-20-3)12(14)13(15)17-11/h9H,4-8H2,1-3H3. The minimum Gasteiger partial charge on any atom is -0.378 e. The lowest BCUT2D eigenvalue weighted by Crippen LogP contribution is -2.51. The summed E-state index contributed by atoms with van der Waals surface area (Å²) in [6.45, 7) is 3.61. The average molecular weight is 364 g/mol. The van der Waals surface area contributed by atoms with Gasteiger partial charge in [0.05, 0.1) is 16.8 Å². The molecule has 0 bridgehead atoms. The number of ether oxygens (including phenoxy) is 1. The van der Waals surface area contributed by atoms with Gasteiger partial charge in [0, 0.05) is 39.2 Å². The summed E-state index contributed by atoms with van der Waals surface area (Å²) in [7, 11) is 5.94. The van der Waals surface area contributed by atoms with E-state index in [0.717, 1.165) is 42.0 Å². The number of rotatable bonds is 4. The second-order valence-corrected chi connectivity index (χ2v) is 6.38. The van der Waals surface area contributed by atoms with Gasteiger partial charge in [-0.3, -0.25) is 0 Å². The summed E-state index contributed by atoms with van der Waals surface area (Å²) < 4.78 is 5.87. The monoisotopic (exact) mass is 362 g/mol. The molecule has 0 spiro atoms. The number of aromatic nitrogens is 2. The first-order chi connectivity index (χ1) is 9.51. The van der Waals surface area contributed by atoms with Crippen molar-refractivity contribution in [3.05, 3.63) is 21.1 Å². The largest absolute Gasteiger partial charge is 0.378 e. The predicted octanol–water partition coefficient (Wildman–Crippen LogP) is 1.83. The Hall–Kier alpha value is -0.270. The van der Waals surface area contributed by atoms with Crippen LogP contribution in [0.1, 0.15) is 11.5 Å². The van der Waals surface area contributed by atoms with Crippen molar-refractivity contribution in [2.24, 2.45) is 0 Å². The highest BCUT2D eigenvalue weighted by Gasteiger charge is 2.24. The van der Waals surface area contributed by atoms with Crippen molar-refractivity contribution >= 4 is 27.5 Å². The number of methoxy groups -OCH3 is 1. The highest BCUT2D eigenvalue weighted by Crippen LogP contribution is 2.24. The van der Waals surface area contributed by atoms with Crippen LogP contribution < -0.4 is 0 Å². The lowest BCUT2D eigenvalue weighted by atomic mass is 10.1. The van der Waals surface area contributed by atoms with Crippen LogP contribution >= 0.6 is 27.5 Å². The van der Waals surface area contributed by atoms with Crippen LogP contribution in [0.2, 0.25) is 5.15 Å². The van der Waals surface area contributed by atoms with Crippen molar-refractivity contribution in [2.45, 2.75) is 19.1 Å². The van der Waals surface area contributed by atoms with Gasteiger partial charge in [0.25, 0.3) is 0 Å². The number of likely N-dealkylation sites (N-methyl/N-ethyl adjacent to an activating group) is 2. The fraction of sp³-hybridized carbons (Fsp3) is 0.692. The Kier molecular flexibility index (Phi) is 5.74. The number of halogens is 2. The van der Waals surface area contributed by atoms with Crippen LogP contribution in [0.3, 0.4) is 0 Å². The molecule has 1 unspecified atom stereocenters. The molecule has 20 heavy (non-hydrogen) atoms. The number of hydrogen-bond donors (Lipinski definition) is 0. The van der Waals surface area contributed by atoms with Gasteiger partial charge >= 0.3 is 0 Å². The second kappa shape index (κ2) is 7.13. The number of piperazine rings is 1. The lowest BCUT2D eigenvalue weighted by molar-refractivity contribution is 0.113. The minimum absolute atomic E-state index is 0.418. The molecule has 1 atom stereocenters.